The lowest BCUT2D eigenvalue weighted by Gasteiger charge is -2.24. The van der Waals surface area contributed by atoms with Crippen molar-refractivity contribution in [2.24, 2.45) is 0 Å². The van der Waals surface area contributed by atoms with Crippen molar-refractivity contribution in [2.75, 3.05) is 32.8 Å². The molecule has 0 aliphatic carbocycles. The zero-order valence-electron chi connectivity index (χ0n) is 15.5. The molecule has 7 nitrogen and oxygen atoms in total. The van der Waals surface area contributed by atoms with E-state index in [0.717, 1.165) is 38.4 Å². The Kier molecular flexibility index (Phi) is 7.36. The zero-order chi connectivity index (χ0) is 19.8. The first-order valence-corrected chi connectivity index (χ1v) is 9.64. The number of carbonyl (C=O) groups excluding carboxylic acids is 2. The molecule has 0 unspecified atom stereocenters. The summed E-state index contributed by atoms with van der Waals surface area (Å²) in [4.78, 5) is 29.6. The first-order valence-electron chi connectivity index (χ1n) is 9.26. The number of pyridine rings is 1. The fourth-order valence-corrected chi connectivity index (χ4v) is 3.20. The van der Waals surface area contributed by atoms with Crippen LogP contribution in [0.1, 0.15) is 21.6 Å². The number of rotatable bonds is 7. The van der Waals surface area contributed by atoms with E-state index in [1.807, 2.05) is 18.2 Å². The molecule has 3 rings (SSSR count). The maximum Gasteiger partial charge on any atom is 0.270 e. The van der Waals surface area contributed by atoms with Gasteiger partial charge >= 0.3 is 0 Å². The average Bonchev–Trinajstić information content (AvgIpc) is 2.72. The number of hydrogen-bond acceptors (Lipinski definition) is 4. The Morgan fingerprint density at radius 3 is 2.61 bits per heavy atom. The molecule has 1 aromatic carbocycles. The van der Waals surface area contributed by atoms with Crippen LogP contribution < -0.4 is 15.5 Å². The number of halogens is 1. The Bertz CT molecular complexity index is 825. The normalized spacial score (nSPS) is 14.5. The maximum absolute atomic E-state index is 12.1. The van der Waals surface area contributed by atoms with Crippen LogP contribution in [0.15, 0.2) is 42.6 Å². The van der Waals surface area contributed by atoms with Crippen LogP contribution in [0.4, 0.5) is 0 Å². The number of hydrogen-bond donors (Lipinski definition) is 3. The molecule has 1 saturated heterocycles. The SMILES string of the molecule is O=C(CNC(=O)c1cc(Cl)ccn1)NCc1ccccc1C[NH+]1CCOCC1. The highest BCUT2D eigenvalue weighted by molar-refractivity contribution is 6.30. The lowest BCUT2D eigenvalue weighted by molar-refractivity contribution is -0.921. The van der Waals surface area contributed by atoms with E-state index in [-0.39, 0.29) is 18.1 Å². The third kappa shape index (κ3) is 6.02. The summed E-state index contributed by atoms with van der Waals surface area (Å²) < 4.78 is 5.41. The summed E-state index contributed by atoms with van der Waals surface area (Å²) in [6.45, 7) is 4.76. The molecule has 148 valence electrons. The van der Waals surface area contributed by atoms with Crippen LogP contribution in [0.2, 0.25) is 5.02 Å². The minimum Gasteiger partial charge on any atom is -0.370 e. The average molecular weight is 404 g/mol. The van der Waals surface area contributed by atoms with E-state index in [0.29, 0.717) is 11.6 Å². The number of benzene rings is 1. The highest BCUT2D eigenvalue weighted by atomic mass is 35.5. The second-order valence-electron chi connectivity index (χ2n) is 6.63. The van der Waals surface area contributed by atoms with E-state index in [4.69, 9.17) is 16.3 Å². The molecule has 8 heteroatoms. The topological polar surface area (TPSA) is 84.8 Å². The van der Waals surface area contributed by atoms with E-state index >= 15 is 0 Å². The lowest BCUT2D eigenvalue weighted by atomic mass is 10.1. The number of nitrogens with zero attached hydrogens (tertiary/aromatic N) is 1. The van der Waals surface area contributed by atoms with Crippen molar-refractivity contribution in [3.05, 3.63) is 64.4 Å². The highest BCUT2D eigenvalue weighted by Gasteiger charge is 2.16. The minimum absolute atomic E-state index is 0.121. The largest absolute Gasteiger partial charge is 0.370 e. The predicted molar refractivity (Wildman–Crippen MR) is 105 cm³/mol. The molecule has 0 atom stereocenters. The van der Waals surface area contributed by atoms with E-state index in [2.05, 4.69) is 21.7 Å². The summed E-state index contributed by atoms with van der Waals surface area (Å²) in [7, 11) is 0. The van der Waals surface area contributed by atoms with Gasteiger partial charge in [-0.05, 0) is 17.7 Å². The Balaban J connectivity index is 1.48. The monoisotopic (exact) mass is 403 g/mol. The van der Waals surface area contributed by atoms with Gasteiger partial charge in [0.1, 0.15) is 25.3 Å². The van der Waals surface area contributed by atoms with Crippen molar-refractivity contribution in [3.8, 4) is 0 Å². The predicted octanol–water partition coefficient (Wildman–Crippen LogP) is 0.196. The van der Waals surface area contributed by atoms with E-state index in [1.165, 1.54) is 22.7 Å². The van der Waals surface area contributed by atoms with E-state index in [1.54, 1.807) is 6.07 Å². The summed E-state index contributed by atoms with van der Waals surface area (Å²) in [5.74, 6) is -0.696. The first-order chi connectivity index (χ1) is 13.6. The highest BCUT2D eigenvalue weighted by Crippen LogP contribution is 2.08. The molecule has 0 radical (unpaired) electrons. The lowest BCUT2D eigenvalue weighted by Crippen LogP contribution is -3.12. The Hall–Kier alpha value is -2.48. The van der Waals surface area contributed by atoms with Crippen molar-refractivity contribution in [2.45, 2.75) is 13.1 Å². The molecular formula is C20H24ClN4O3+. The molecule has 2 heterocycles. The summed E-state index contributed by atoms with van der Waals surface area (Å²) in [5.41, 5.74) is 2.48. The number of quaternary nitrogens is 1. The van der Waals surface area contributed by atoms with Crippen LogP contribution in [0.5, 0.6) is 0 Å². The molecule has 2 aromatic rings. The van der Waals surface area contributed by atoms with E-state index in [9.17, 15) is 9.59 Å². The third-order valence-corrected chi connectivity index (χ3v) is 4.83. The fraction of sp³-hybridized carbons (Fsp3) is 0.350. The molecule has 28 heavy (non-hydrogen) atoms. The van der Waals surface area contributed by atoms with Crippen molar-refractivity contribution < 1.29 is 19.2 Å². The van der Waals surface area contributed by atoms with Gasteiger partial charge in [0, 0.05) is 23.3 Å². The van der Waals surface area contributed by atoms with Crippen LogP contribution in [-0.4, -0.2) is 49.6 Å². The van der Waals surface area contributed by atoms with Crippen LogP contribution >= 0.6 is 11.6 Å². The Morgan fingerprint density at radius 1 is 1.11 bits per heavy atom. The third-order valence-electron chi connectivity index (χ3n) is 4.60. The molecule has 3 N–H and O–H groups in total. The minimum atomic E-state index is -0.436. The maximum atomic E-state index is 12.1. The summed E-state index contributed by atoms with van der Waals surface area (Å²) in [5, 5.41) is 5.83. The Morgan fingerprint density at radius 2 is 1.86 bits per heavy atom. The smallest absolute Gasteiger partial charge is 0.270 e. The van der Waals surface area contributed by atoms with E-state index < -0.39 is 5.91 Å². The van der Waals surface area contributed by atoms with Crippen LogP contribution in [0, 0.1) is 0 Å². The second kappa shape index (κ2) is 10.2. The summed E-state index contributed by atoms with van der Waals surface area (Å²) in [6.07, 6.45) is 1.45. The van der Waals surface area contributed by atoms with Crippen LogP contribution in [-0.2, 0) is 22.6 Å². The van der Waals surface area contributed by atoms with Crippen LogP contribution in [0.25, 0.3) is 0 Å². The summed E-state index contributed by atoms with van der Waals surface area (Å²) >= 11 is 5.85. The molecular weight excluding hydrogens is 380 g/mol. The van der Waals surface area contributed by atoms with Crippen molar-refractivity contribution >= 4 is 23.4 Å². The quantitative estimate of drug-likeness (QED) is 0.616. The van der Waals surface area contributed by atoms with Gasteiger partial charge in [-0.2, -0.15) is 0 Å². The number of morpholine rings is 1. The molecule has 0 bridgehead atoms. The van der Waals surface area contributed by atoms with Crippen molar-refractivity contribution in [3.63, 3.8) is 0 Å². The first kappa shape index (κ1) is 20.3. The number of amides is 2. The molecule has 1 aromatic heterocycles. The van der Waals surface area contributed by atoms with Crippen molar-refractivity contribution in [1.82, 2.24) is 15.6 Å². The molecule has 0 spiro atoms. The second-order valence-corrected chi connectivity index (χ2v) is 7.06. The van der Waals surface area contributed by atoms with Gasteiger partial charge in [-0.3, -0.25) is 14.6 Å². The van der Waals surface area contributed by atoms with Crippen LogP contribution in [0.3, 0.4) is 0 Å². The molecule has 1 fully saturated rings. The molecule has 1 aliphatic heterocycles. The van der Waals surface area contributed by atoms with Gasteiger partial charge in [0.25, 0.3) is 5.91 Å². The van der Waals surface area contributed by atoms with Gasteiger partial charge < -0.3 is 20.3 Å². The van der Waals surface area contributed by atoms with Gasteiger partial charge in [-0.15, -0.1) is 0 Å². The standard InChI is InChI=1S/C20H23ClN4O3/c21-17-5-6-22-18(11-17)20(27)24-13-19(26)23-12-15-3-1-2-4-16(15)14-25-7-9-28-10-8-25/h1-6,11H,7-10,12-14H2,(H,23,26)(H,24,27)/p+1. The fourth-order valence-electron chi connectivity index (χ4n) is 3.04. The molecule has 2 amide bonds. The number of ether oxygens (including phenoxy) is 1. The van der Waals surface area contributed by atoms with Gasteiger partial charge in [-0.1, -0.05) is 35.9 Å². The number of nitrogens with one attached hydrogen (secondary N) is 3. The van der Waals surface area contributed by atoms with Crippen molar-refractivity contribution in [1.29, 1.82) is 0 Å². The van der Waals surface area contributed by atoms with Gasteiger partial charge in [0.05, 0.1) is 19.8 Å². The molecule has 0 saturated carbocycles. The van der Waals surface area contributed by atoms with Gasteiger partial charge in [0.2, 0.25) is 5.91 Å². The van der Waals surface area contributed by atoms with Gasteiger partial charge in [0.15, 0.2) is 0 Å². The number of aromatic nitrogens is 1. The van der Waals surface area contributed by atoms with Gasteiger partial charge in [-0.25, -0.2) is 0 Å². The molecule has 1 aliphatic rings. The summed E-state index contributed by atoms with van der Waals surface area (Å²) in [6, 6.07) is 11.1. The number of carbonyl (C=O) groups is 2. The Labute approximate surface area is 169 Å². The zero-order valence-corrected chi connectivity index (χ0v) is 16.3.